The van der Waals surface area contributed by atoms with Crippen LogP contribution in [0.4, 0.5) is 5.13 Å². The zero-order valence-electron chi connectivity index (χ0n) is 17.2. The van der Waals surface area contributed by atoms with E-state index in [9.17, 15) is 4.79 Å². The van der Waals surface area contributed by atoms with Gasteiger partial charge in [0.05, 0.1) is 16.8 Å². The second-order valence-electron chi connectivity index (χ2n) is 7.39. The van der Waals surface area contributed by atoms with Gasteiger partial charge in [-0.25, -0.2) is 4.98 Å². The van der Waals surface area contributed by atoms with E-state index >= 15 is 0 Å². The molecule has 6 nitrogen and oxygen atoms in total. The minimum atomic E-state index is -0.0857. The maximum atomic E-state index is 12.1. The molecule has 1 saturated heterocycles. The summed E-state index contributed by atoms with van der Waals surface area (Å²) in [5, 5.41) is 4.11. The minimum Gasteiger partial charge on any atom is -0.494 e. The van der Waals surface area contributed by atoms with Crippen LogP contribution in [0.15, 0.2) is 48.5 Å². The molecule has 1 amide bonds. The van der Waals surface area contributed by atoms with E-state index in [4.69, 9.17) is 14.5 Å². The highest BCUT2D eigenvalue weighted by Crippen LogP contribution is 2.31. The molecule has 0 spiro atoms. The van der Waals surface area contributed by atoms with E-state index < -0.39 is 0 Å². The molecule has 7 heteroatoms. The predicted molar refractivity (Wildman–Crippen MR) is 121 cm³/mol. The number of amides is 1. The van der Waals surface area contributed by atoms with Crippen molar-refractivity contribution in [2.45, 2.75) is 19.8 Å². The predicted octanol–water partition coefficient (Wildman–Crippen LogP) is 4.11. The molecule has 1 aliphatic heterocycles. The smallest absolute Gasteiger partial charge is 0.257 e. The van der Waals surface area contributed by atoms with Crippen molar-refractivity contribution in [3.63, 3.8) is 0 Å². The van der Waals surface area contributed by atoms with Gasteiger partial charge in [-0.2, -0.15) is 0 Å². The summed E-state index contributed by atoms with van der Waals surface area (Å²) in [5.41, 5.74) is 1.07. The van der Waals surface area contributed by atoms with Crippen molar-refractivity contribution in [3.8, 4) is 11.5 Å². The van der Waals surface area contributed by atoms with Gasteiger partial charge < -0.3 is 19.7 Å². The fraction of sp³-hybridized carbons (Fsp3) is 0.391. The average molecular weight is 426 g/mol. The lowest BCUT2D eigenvalue weighted by Gasteiger charge is -2.31. The highest BCUT2D eigenvalue weighted by Gasteiger charge is 2.22. The fourth-order valence-electron chi connectivity index (χ4n) is 3.58. The van der Waals surface area contributed by atoms with Crippen molar-refractivity contribution < 1.29 is 14.3 Å². The lowest BCUT2D eigenvalue weighted by molar-refractivity contribution is -0.123. The van der Waals surface area contributed by atoms with E-state index in [0.717, 1.165) is 42.3 Å². The van der Waals surface area contributed by atoms with Crippen LogP contribution in [0, 0.1) is 5.92 Å². The second-order valence-corrected chi connectivity index (χ2v) is 8.40. The highest BCUT2D eigenvalue weighted by atomic mass is 32.1. The Morgan fingerprint density at radius 2 is 1.80 bits per heavy atom. The summed E-state index contributed by atoms with van der Waals surface area (Å²) in [6.45, 7) is 5.24. The summed E-state index contributed by atoms with van der Waals surface area (Å²) >= 11 is 1.75. The number of hydrogen-bond acceptors (Lipinski definition) is 6. The molecule has 0 radical (unpaired) electrons. The molecule has 0 bridgehead atoms. The number of benzene rings is 2. The number of thiazole rings is 1. The maximum Gasteiger partial charge on any atom is 0.257 e. The van der Waals surface area contributed by atoms with E-state index in [1.807, 2.05) is 37.3 Å². The van der Waals surface area contributed by atoms with Crippen molar-refractivity contribution in [3.05, 3.63) is 48.5 Å². The average Bonchev–Trinajstić information content (AvgIpc) is 3.22. The fourth-order valence-corrected chi connectivity index (χ4v) is 4.60. The Bertz CT molecular complexity index is 932. The third-order valence-corrected chi connectivity index (χ3v) is 6.36. The molecule has 0 aliphatic carbocycles. The van der Waals surface area contributed by atoms with Gasteiger partial charge in [-0.05, 0) is 62.1 Å². The number of piperidine rings is 1. The molecule has 1 fully saturated rings. The van der Waals surface area contributed by atoms with E-state index in [2.05, 4.69) is 28.4 Å². The van der Waals surface area contributed by atoms with Gasteiger partial charge in [-0.1, -0.05) is 23.5 Å². The van der Waals surface area contributed by atoms with Gasteiger partial charge in [0, 0.05) is 19.6 Å². The van der Waals surface area contributed by atoms with Gasteiger partial charge in [0.25, 0.3) is 5.91 Å². The first-order valence-corrected chi connectivity index (χ1v) is 11.3. The molecule has 1 aliphatic rings. The molecular weight excluding hydrogens is 398 g/mol. The molecule has 3 aromatic rings. The van der Waals surface area contributed by atoms with Crippen LogP contribution >= 0.6 is 11.3 Å². The van der Waals surface area contributed by atoms with Crippen LogP contribution < -0.4 is 19.7 Å². The summed E-state index contributed by atoms with van der Waals surface area (Å²) in [6.07, 6.45) is 2.10. The normalized spacial score (nSPS) is 14.6. The number of carbonyl (C=O) groups is 1. The summed E-state index contributed by atoms with van der Waals surface area (Å²) in [5.74, 6) is 1.87. The lowest BCUT2D eigenvalue weighted by Crippen LogP contribution is -2.39. The number of para-hydroxylation sites is 1. The number of aromatic nitrogens is 1. The molecule has 30 heavy (non-hydrogen) atoms. The topological polar surface area (TPSA) is 63.7 Å². The number of fused-ring (bicyclic) bond motifs is 1. The number of hydrogen-bond donors (Lipinski definition) is 1. The molecule has 0 saturated carbocycles. The largest absolute Gasteiger partial charge is 0.494 e. The number of rotatable bonds is 8. The summed E-state index contributed by atoms with van der Waals surface area (Å²) in [7, 11) is 0. The molecule has 0 unspecified atom stereocenters. The van der Waals surface area contributed by atoms with Crippen molar-refractivity contribution >= 4 is 32.6 Å². The van der Waals surface area contributed by atoms with E-state index in [1.54, 1.807) is 11.3 Å². The quantitative estimate of drug-likeness (QED) is 0.589. The number of carbonyl (C=O) groups excluding carboxylic acids is 1. The number of nitrogens with one attached hydrogen (secondary N) is 1. The second kappa shape index (κ2) is 9.80. The van der Waals surface area contributed by atoms with Crippen molar-refractivity contribution in [2.24, 2.45) is 5.92 Å². The minimum absolute atomic E-state index is 0.0263. The Kier molecular flexibility index (Phi) is 6.69. The first kappa shape index (κ1) is 20.5. The molecule has 1 N–H and O–H groups in total. The number of nitrogens with zero attached hydrogens (tertiary/aromatic N) is 2. The summed E-state index contributed by atoms with van der Waals surface area (Å²) in [6, 6.07) is 15.6. The monoisotopic (exact) mass is 425 g/mol. The number of ether oxygens (including phenoxy) is 2. The van der Waals surface area contributed by atoms with E-state index in [-0.39, 0.29) is 12.5 Å². The van der Waals surface area contributed by atoms with Crippen LogP contribution in [0.25, 0.3) is 10.2 Å². The van der Waals surface area contributed by atoms with Crippen LogP contribution in [-0.2, 0) is 4.79 Å². The van der Waals surface area contributed by atoms with Crippen LogP contribution in [0.2, 0.25) is 0 Å². The van der Waals surface area contributed by atoms with Gasteiger partial charge in [0.1, 0.15) is 11.5 Å². The molecule has 2 heterocycles. The van der Waals surface area contributed by atoms with E-state index in [0.29, 0.717) is 24.8 Å². The summed E-state index contributed by atoms with van der Waals surface area (Å²) in [4.78, 5) is 19.2. The Hall–Kier alpha value is -2.80. The molecule has 158 valence electrons. The molecule has 1 aromatic heterocycles. The van der Waals surface area contributed by atoms with Crippen molar-refractivity contribution in [2.75, 3.05) is 37.7 Å². The molecule has 0 atom stereocenters. The lowest BCUT2D eigenvalue weighted by atomic mass is 9.97. The Labute approximate surface area is 180 Å². The van der Waals surface area contributed by atoms with Crippen LogP contribution in [0.1, 0.15) is 19.8 Å². The SMILES string of the molecule is CCOc1ccc(OCC(=O)NCC2CCN(c3nc4ccccc4s3)CC2)cc1. The van der Waals surface area contributed by atoms with Crippen LogP contribution in [-0.4, -0.2) is 43.7 Å². The van der Waals surface area contributed by atoms with E-state index in [1.165, 1.54) is 4.70 Å². The highest BCUT2D eigenvalue weighted by molar-refractivity contribution is 7.22. The Morgan fingerprint density at radius 1 is 1.10 bits per heavy atom. The molecular formula is C23H27N3O3S. The zero-order valence-corrected chi connectivity index (χ0v) is 18.0. The Morgan fingerprint density at radius 3 is 2.50 bits per heavy atom. The van der Waals surface area contributed by atoms with Crippen molar-refractivity contribution in [1.29, 1.82) is 0 Å². The third-order valence-electron chi connectivity index (χ3n) is 5.26. The van der Waals surface area contributed by atoms with Crippen LogP contribution in [0.3, 0.4) is 0 Å². The first-order valence-electron chi connectivity index (χ1n) is 10.4. The van der Waals surface area contributed by atoms with Gasteiger partial charge in [-0.15, -0.1) is 0 Å². The van der Waals surface area contributed by atoms with Crippen LogP contribution in [0.5, 0.6) is 11.5 Å². The van der Waals surface area contributed by atoms with Crippen molar-refractivity contribution in [1.82, 2.24) is 10.3 Å². The molecule has 4 rings (SSSR count). The molecule has 2 aromatic carbocycles. The standard InChI is InChI=1S/C23H27N3O3S/c1-2-28-18-7-9-19(10-8-18)29-16-22(27)24-15-17-11-13-26(14-12-17)23-25-20-5-3-4-6-21(20)30-23/h3-10,17H,2,11-16H2,1H3,(H,24,27). The maximum absolute atomic E-state index is 12.1. The zero-order chi connectivity index (χ0) is 20.8. The third kappa shape index (κ3) is 5.21. The first-order chi connectivity index (χ1) is 14.7. The summed E-state index contributed by atoms with van der Waals surface area (Å²) < 4.78 is 12.2. The number of anilines is 1. The Balaban J connectivity index is 1.17. The van der Waals surface area contributed by atoms with Gasteiger partial charge in [0.2, 0.25) is 0 Å². The van der Waals surface area contributed by atoms with Gasteiger partial charge in [0.15, 0.2) is 11.7 Å². The van der Waals surface area contributed by atoms with Gasteiger partial charge >= 0.3 is 0 Å². The van der Waals surface area contributed by atoms with Gasteiger partial charge in [-0.3, -0.25) is 4.79 Å².